The van der Waals surface area contributed by atoms with E-state index in [9.17, 15) is 4.79 Å². The van der Waals surface area contributed by atoms with E-state index in [1.54, 1.807) is 0 Å². The number of ether oxygens (including phenoxy) is 2. The largest absolute Gasteiger partial charge is 0.465 e. The molecule has 1 aromatic rings. The Morgan fingerprint density at radius 3 is 3.00 bits per heavy atom. The van der Waals surface area contributed by atoms with Crippen LogP contribution in [0.25, 0.3) is 0 Å². The molecule has 0 aromatic carbocycles. The molecule has 1 aromatic heterocycles. The molecule has 1 fully saturated rings. The van der Waals surface area contributed by atoms with E-state index in [2.05, 4.69) is 4.74 Å². The van der Waals surface area contributed by atoms with Gasteiger partial charge in [-0.1, -0.05) is 0 Å². The molecule has 1 aliphatic heterocycles. The van der Waals surface area contributed by atoms with Gasteiger partial charge in [0.05, 0.1) is 13.7 Å². The lowest BCUT2D eigenvalue weighted by atomic mass is 10.0. The SMILES string of the molecule is COC(=O)c1sccc1C1(C)CO1. The van der Waals surface area contributed by atoms with Crippen molar-refractivity contribution in [2.24, 2.45) is 0 Å². The van der Waals surface area contributed by atoms with Crippen molar-refractivity contribution in [1.29, 1.82) is 0 Å². The number of rotatable bonds is 2. The molecule has 0 aliphatic carbocycles. The number of epoxide rings is 1. The lowest BCUT2D eigenvalue weighted by Gasteiger charge is -2.04. The van der Waals surface area contributed by atoms with E-state index in [1.165, 1.54) is 18.4 Å². The summed E-state index contributed by atoms with van der Waals surface area (Å²) in [6.07, 6.45) is 0. The van der Waals surface area contributed by atoms with Gasteiger partial charge >= 0.3 is 5.97 Å². The fourth-order valence-electron chi connectivity index (χ4n) is 1.24. The molecule has 2 heterocycles. The Bertz CT molecular complexity index is 338. The second kappa shape index (κ2) is 2.82. The monoisotopic (exact) mass is 198 g/mol. The first-order valence-electron chi connectivity index (χ1n) is 3.97. The van der Waals surface area contributed by atoms with Gasteiger partial charge in [-0.25, -0.2) is 4.79 Å². The molecule has 1 aliphatic rings. The first-order chi connectivity index (χ1) is 6.17. The molecule has 0 amide bonds. The van der Waals surface area contributed by atoms with Gasteiger partial charge in [-0.2, -0.15) is 0 Å². The van der Waals surface area contributed by atoms with Gasteiger partial charge in [0.1, 0.15) is 10.5 Å². The lowest BCUT2D eigenvalue weighted by Crippen LogP contribution is -2.08. The van der Waals surface area contributed by atoms with Crippen LogP contribution in [0.3, 0.4) is 0 Å². The van der Waals surface area contributed by atoms with Crippen LogP contribution in [0.15, 0.2) is 11.4 Å². The highest BCUT2D eigenvalue weighted by Crippen LogP contribution is 2.41. The molecular weight excluding hydrogens is 188 g/mol. The highest BCUT2D eigenvalue weighted by atomic mass is 32.1. The quantitative estimate of drug-likeness (QED) is 0.537. The standard InChI is InChI=1S/C9H10O3S/c1-9(5-12-9)6-3-4-13-7(6)8(10)11-2/h3-4H,5H2,1-2H3. The highest BCUT2D eigenvalue weighted by molar-refractivity contribution is 7.12. The number of thiophene rings is 1. The summed E-state index contributed by atoms with van der Waals surface area (Å²) in [6, 6.07) is 1.92. The van der Waals surface area contributed by atoms with Crippen molar-refractivity contribution >= 4 is 17.3 Å². The molecule has 70 valence electrons. The van der Waals surface area contributed by atoms with E-state index < -0.39 is 0 Å². The summed E-state index contributed by atoms with van der Waals surface area (Å²) in [4.78, 5) is 12.0. The van der Waals surface area contributed by atoms with Gasteiger partial charge in [0.15, 0.2) is 0 Å². The van der Waals surface area contributed by atoms with Crippen molar-refractivity contribution < 1.29 is 14.3 Å². The fraction of sp³-hybridized carbons (Fsp3) is 0.444. The molecule has 0 N–H and O–H groups in total. The second-order valence-electron chi connectivity index (χ2n) is 3.17. The van der Waals surface area contributed by atoms with Crippen LogP contribution >= 0.6 is 11.3 Å². The molecule has 0 bridgehead atoms. The van der Waals surface area contributed by atoms with Crippen molar-refractivity contribution in [3.63, 3.8) is 0 Å². The first-order valence-corrected chi connectivity index (χ1v) is 4.85. The maximum atomic E-state index is 11.3. The summed E-state index contributed by atoms with van der Waals surface area (Å²) >= 11 is 1.39. The number of carbonyl (C=O) groups is 1. The predicted octanol–water partition coefficient (Wildman–Crippen LogP) is 1.78. The zero-order valence-electron chi connectivity index (χ0n) is 7.49. The van der Waals surface area contributed by atoms with Crippen molar-refractivity contribution in [2.75, 3.05) is 13.7 Å². The number of methoxy groups -OCH3 is 1. The molecule has 3 nitrogen and oxygen atoms in total. The average molecular weight is 198 g/mol. The Morgan fingerprint density at radius 2 is 2.46 bits per heavy atom. The third-order valence-corrected chi connectivity index (χ3v) is 3.08. The van der Waals surface area contributed by atoms with Crippen molar-refractivity contribution in [1.82, 2.24) is 0 Å². The molecular formula is C9H10O3S. The van der Waals surface area contributed by atoms with Crippen LogP contribution in [0.2, 0.25) is 0 Å². The van der Waals surface area contributed by atoms with Crippen molar-refractivity contribution in [2.45, 2.75) is 12.5 Å². The van der Waals surface area contributed by atoms with E-state index in [0.29, 0.717) is 11.5 Å². The van der Waals surface area contributed by atoms with Crippen LogP contribution < -0.4 is 0 Å². The molecule has 0 spiro atoms. The van der Waals surface area contributed by atoms with E-state index in [-0.39, 0.29) is 11.6 Å². The number of hydrogen-bond acceptors (Lipinski definition) is 4. The summed E-state index contributed by atoms with van der Waals surface area (Å²) < 4.78 is 9.95. The maximum Gasteiger partial charge on any atom is 0.348 e. The van der Waals surface area contributed by atoms with Crippen LogP contribution in [-0.2, 0) is 15.1 Å². The van der Waals surface area contributed by atoms with Gasteiger partial charge < -0.3 is 9.47 Å². The van der Waals surface area contributed by atoms with Gasteiger partial charge in [0.25, 0.3) is 0 Å². The molecule has 0 radical (unpaired) electrons. The van der Waals surface area contributed by atoms with Gasteiger partial charge in [-0.15, -0.1) is 11.3 Å². The van der Waals surface area contributed by atoms with Crippen molar-refractivity contribution in [3.05, 3.63) is 21.9 Å². The minimum Gasteiger partial charge on any atom is -0.465 e. The Balaban J connectivity index is 2.36. The third kappa shape index (κ3) is 1.36. The van der Waals surface area contributed by atoms with E-state index in [4.69, 9.17) is 4.74 Å². The van der Waals surface area contributed by atoms with Crippen LogP contribution in [0.5, 0.6) is 0 Å². The molecule has 1 saturated heterocycles. The predicted molar refractivity (Wildman–Crippen MR) is 49.0 cm³/mol. The molecule has 0 saturated carbocycles. The number of carbonyl (C=O) groups excluding carboxylic acids is 1. The van der Waals surface area contributed by atoms with Gasteiger partial charge in [0, 0.05) is 5.56 Å². The van der Waals surface area contributed by atoms with Crippen LogP contribution in [0.4, 0.5) is 0 Å². The normalized spacial score (nSPS) is 25.7. The van der Waals surface area contributed by atoms with Crippen LogP contribution in [0.1, 0.15) is 22.2 Å². The topological polar surface area (TPSA) is 38.8 Å². The molecule has 4 heteroatoms. The summed E-state index contributed by atoms with van der Waals surface area (Å²) in [6.45, 7) is 2.66. The molecule has 1 unspecified atom stereocenters. The van der Waals surface area contributed by atoms with Gasteiger partial charge in [-0.05, 0) is 18.4 Å². The maximum absolute atomic E-state index is 11.3. The molecule has 1 atom stereocenters. The van der Waals surface area contributed by atoms with E-state index in [0.717, 1.165) is 5.56 Å². The third-order valence-electron chi connectivity index (χ3n) is 2.18. The second-order valence-corrected chi connectivity index (χ2v) is 4.09. The minimum atomic E-state index is -0.276. The van der Waals surface area contributed by atoms with Crippen molar-refractivity contribution in [3.8, 4) is 0 Å². The lowest BCUT2D eigenvalue weighted by molar-refractivity contribution is 0.0603. The van der Waals surface area contributed by atoms with Gasteiger partial charge in [-0.3, -0.25) is 0 Å². The molecule has 2 rings (SSSR count). The Hall–Kier alpha value is -0.870. The summed E-state index contributed by atoms with van der Waals surface area (Å²) in [5.41, 5.74) is 0.702. The Kier molecular flexibility index (Phi) is 1.89. The summed E-state index contributed by atoms with van der Waals surface area (Å²) in [7, 11) is 1.39. The minimum absolute atomic E-state index is 0.247. The summed E-state index contributed by atoms with van der Waals surface area (Å²) in [5.74, 6) is -0.276. The number of hydrogen-bond donors (Lipinski definition) is 0. The van der Waals surface area contributed by atoms with Crippen LogP contribution in [-0.4, -0.2) is 19.7 Å². The van der Waals surface area contributed by atoms with E-state index >= 15 is 0 Å². The zero-order chi connectivity index (χ0) is 9.47. The average Bonchev–Trinajstić information content (AvgIpc) is 2.71. The Labute approximate surface area is 80.3 Å². The van der Waals surface area contributed by atoms with Crippen LogP contribution in [0, 0.1) is 0 Å². The fourth-order valence-corrected chi connectivity index (χ4v) is 2.17. The number of esters is 1. The molecule has 13 heavy (non-hydrogen) atoms. The summed E-state index contributed by atoms with van der Waals surface area (Å²) in [5, 5.41) is 1.88. The first kappa shape index (κ1) is 8.72. The highest BCUT2D eigenvalue weighted by Gasteiger charge is 2.44. The van der Waals surface area contributed by atoms with E-state index in [1.807, 2.05) is 18.4 Å². The Morgan fingerprint density at radius 1 is 1.77 bits per heavy atom. The smallest absolute Gasteiger partial charge is 0.348 e. The van der Waals surface area contributed by atoms with Gasteiger partial charge in [0.2, 0.25) is 0 Å². The zero-order valence-corrected chi connectivity index (χ0v) is 8.31.